The molecule has 1 saturated carbocycles. The van der Waals surface area contributed by atoms with Gasteiger partial charge in [0.15, 0.2) is 0 Å². The lowest BCUT2D eigenvalue weighted by molar-refractivity contribution is -0.0106. The molecule has 0 aromatic rings. The van der Waals surface area contributed by atoms with E-state index in [1.54, 1.807) is 0 Å². The SMILES string of the molecule is CC(C)OCC1CCC1N(C)C. The second-order valence-corrected chi connectivity index (χ2v) is 4.25. The summed E-state index contributed by atoms with van der Waals surface area (Å²) in [5.41, 5.74) is 0. The summed E-state index contributed by atoms with van der Waals surface area (Å²) in [5, 5.41) is 0. The normalized spacial score (nSPS) is 29.5. The van der Waals surface area contributed by atoms with E-state index in [0.29, 0.717) is 6.10 Å². The summed E-state index contributed by atoms with van der Waals surface area (Å²) in [6.45, 7) is 5.15. The molecule has 2 atom stereocenters. The van der Waals surface area contributed by atoms with Crippen LogP contribution >= 0.6 is 0 Å². The quantitative estimate of drug-likeness (QED) is 0.639. The number of nitrogens with zero attached hydrogens (tertiary/aromatic N) is 1. The summed E-state index contributed by atoms with van der Waals surface area (Å²) in [6.07, 6.45) is 3.07. The van der Waals surface area contributed by atoms with Crippen molar-refractivity contribution in [3.05, 3.63) is 0 Å². The maximum Gasteiger partial charge on any atom is 0.0519 e. The van der Waals surface area contributed by atoms with E-state index in [1.807, 2.05) is 0 Å². The highest BCUT2D eigenvalue weighted by atomic mass is 16.5. The van der Waals surface area contributed by atoms with E-state index in [9.17, 15) is 0 Å². The van der Waals surface area contributed by atoms with E-state index in [1.165, 1.54) is 12.8 Å². The Balaban J connectivity index is 2.17. The Morgan fingerprint density at radius 1 is 1.33 bits per heavy atom. The monoisotopic (exact) mass is 171 g/mol. The smallest absolute Gasteiger partial charge is 0.0519 e. The van der Waals surface area contributed by atoms with Gasteiger partial charge in [-0.15, -0.1) is 0 Å². The summed E-state index contributed by atoms with van der Waals surface area (Å²) >= 11 is 0. The Hall–Kier alpha value is -0.0800. The molecule has 2 unspecified atom stereocenters. The second kappa shape index (κ2) is 4.24. The van der Waals surface area contributed by atoms with Gasteiger partial charge in [0.25, 0.3) is 0 Å². The highest BCUT2D eigenvalue weighted by molar-refractivity contribution is 4.86. The first-order chi connectivity index (χ1) is 5.61. The molecule has 0 aromatic carbocycles. The van der Waals surface area contributed by atoms with Crippen molar-refractivity contribution in [1.82, 2.24) is 4.90 Å². The molecule has 12 heavy (non-hydrogen) atoms. The number of hydrogen-bond acceptors (Lipinski definition) is 2. The van der Waals surface area contributed by atoms with Crippen LogP contribution in [0.5, 0.6) is 0 Å². The van der Waals surface area contributed by atoms with Crippen LogP contribution in [0.15, 0.2) is 0 Å². The van der Waals surface area contributed by atoms with Crippen LogP contribution in [0.25, 0.3) is 0 Å². The Labute approximate surface area is 75.9 Å². The molecule has 0 N–H and O–H groups in total. The molecule has 2 heteroatoms. The fraction of sp³-hybridized carbons (Fsp3) is 1.00. The molecule has 72 valence electrons. The maximum atomic E-state index is 5.60. The van der Waals surface area contributed by atoms with Gasteiger partial charge in [0.1, 0.15) is 0 Å². The number of hydrogen-bond donors (Lipinski definition) is 0. The van der Waals surface area contributed by atoms with Crippen molar-refractivity contribution in [2.75, 3.05) is 20.7 Å². The largest absolute Gasteiger partial charge is 0.378 e. The second-order valence-electron chi connectivity index (χ2n) is 4.25. The van der Waals surface area contributed by atoms with E-state index in [2.05, 4.69) is 32.8 Å². The molecule has 1 aliphatic carbocycles. The molecule has 0 bridgehead atoms. The van der Waals surface area contributed by atoms with Crippen LogP contribution < -0.4 is 0 Å². The standard InChI is InChI=1S/C10H21NO/c1-8(2)12-7-9-5-6-10(9)11(3)4/h8-10H,5-7H2,1-4H3. The van der Waals surface area contributed by atoms with Gasteiger partial charge >= 0.3 is 0 Å². The molecule has 0 aliphatic heterocycles. The topological polar surface area (TPSA) is 12.5 Å². The van der Waals surface area contributed by atoms with Crippen molar-refractivity contribution in [2.24, 2.45) is 5.92 Å². The first-order valence-electron chi connectivity index (χ1n) is 4.89. The fourth-order valence-corrected chi connectivity index (χ4v) is 1.74. The third-order valence-electron chi connectivity index (χ3n) is 2.68. The molecular weight excluding hydrogens is 150 g/mol. The summed E-state index contributed by atoms with van der Waals surface area (Å²) in [7, 11) is 4.32. The van der Waals surface area contributed by atoms with Crippen LogP contribution in [0, 0.1) is 5.92 Å². The molecule has 0 spiro atoms. The molecule has 1 aliphatic rings. The first kappa shape index (κ1) is 10.0. The predicted molar refractivity (Wildman–Crippen MR) is 51.3 cm³/mol. The van der Waals surface area contributed by atoms with Crippen molar-refractivity contribution in [2.45, 2.75) is 38.8 Å². The highest BCUT2D eigenvalue weighted by Crippen LogP contribution is 2.30. The zero-order valence-corrected chi connectivity index (χ0v) is 8.71. The van der Waals surface area contributed by atoms with Gasteiger partial charge in [0.2, 0.25) is 0 Å². The average molecular weight is 171 g/mol. The van der Waals surface area contributed by atoms with E-state index >= 15 is 0 Å². The molecule has 0 heterocycles. The van der Waals surface area contributed by atoms with E-state index in [0.717, 1.165) is 18.6 Å². The number of rotatable bonds is 4. The van der Waals surface area contributed by atoms with Gasteiger partial charge in [-0.05, 0) is 46.7 Å². The van der Waals surface area contributed by atoms with E-state index in [4.69, 9.17) is 4.74 Å². The average Bonchev–Trinajstić information content (AvgIpc) is 1.82. The van der Waals surface area contributed by atoms with Gasteiger partial charge in [-0.2, -0.15) is 0 Å². The molecule has 0 saturated heterocycles. The third-order valence-corrected chi connectivity index (χ3v) is 2.68. The lowest BCUT2D eigenvalue weighted by Crippen LogP contribution is -2.45. The van der Waals surface area contributed by atoms with Crippen molar-refractivity contribution in [3.63, 3.8) is 0 Å². The third kappa shape index (κ3) is 2.46. The van der Waals surface area contributed by atoms with Crippen molar-refractivity contribution >= 4 is 0 Å². The van der Waals surface area contributed by atoms with Crippen molar-refractivity contribution < 1.29 is 4.74 Å². The van der Waals surface area contributed by atoms with Crippen LogP contribution in [-0.2, 0) is 4.74 Å². The molecular formula is C10H21NO. The fourth-order valence-electron chi connectivity index (χ4n) is 1.74. The molecule has 0 amide bonds. The summed E-state index contributed by atoms with van der Waals surface area (Å²) in [5.74, 6) is 0.780. The minimum absolute atomic E-state index is 0.383. The minimum atomic E-state index is 0.383. The highest BCUT2D eigenvalue weighted by Gasteiger charge is 2.32. The maximum absolute atomic E-state index is 5.60. The zero-order valence-electron chi connectivity index (χ0n) is 8.71. The summed E-state index contributed by atoms with van der Waals surface area (Å²) in [4.78, 5) is 2.32. The number of ether oxygens (including phenoxy) is 1. The lowest BCUT2D eigenvalue weighted by atomic mass is 9.79. The Kier molecular flexibility index (Phi) is 3.53. The van der Waals surface area contributed by atoms with Gasteiger partial charge in [-0.1, -0.05) is 0 Å². The summed E-state index contributed by atoms with van der Waals surface area (Å²) < 4.78 is 5.60. The van der Waals surface area contributed by atoms with E-state index in [-0.39, 0.29) is 0 Å². The lowest BCUT2D eigenvalue weighted by Gasteiger charge is -2.41. The minimum Gasteiger partial charge on any atom is -0.378 e. The van der Waals surface area contributed by atoms with Crippen LogP contribution in [0.1, 0.15) is 26.7 Å². The van der Waals surface area contributed by atoms with Crippen LogP contribution in [-0.4, -0.2) is 37.7 Å². The molecule has 2 nitrogen and oxygen atoms in total. The molecule has 1 fully saturated rings. The Morgan fingerprint density at radius 3 is 2.33 bits per heavy atom. The zero-order chi connectivity index (χ0) is 9.14. The predicted octanol–water partition coefficient (Wildman–Crippen LogP) is 1.75. The molecule has 0 aromatic heterocycles. The Bertz CT molecular complexity index is 134. The first-order valence-corrected chi connectivity index (χ1v) is 4.89. The van der Waals surface area contributed by atoms with Gasteiger partial charge in [0.05, 0.1) is 12.7 Å². The van der Waals surface area contributed by atoms with Gasteiger partial charge in [0, 0.05) is 6.04 Å². The van der Waals surface area contributed by atoms with Crippen LogP contribution in [0.3, 0.4) is 0 Å². The van der Waals surface area contributed by atoms with Gasteiger partial charge in [-0.3, -0.25) is 0 Å². The molecule has 0 radical (unpaired) electrons. The van der Waals surface area contributed by atoms with E-state index < -0.39 is 0 Å². The van der Waals surface area contributed by atoms with Crippen LogP contribution in [0.2, 0.25) is 0 Å². The Morgan fingerprint density at radius 2 is 2.00 bits per heavy atom. The van der Waals surface area contributed by atoms with Crippen molar-refractivity contribution in [1.29, 1.82) is 0 Å². The van der Waals surface area contributed by atoms with Gasteiger partial charge in [-0.25, -0.2) is 0 Å². The van der Waals surface area contributed by atoms with Crippen LogP contribution in [0.4, 0.5) is 0 Å². The molecule has 1 rings (SSSR count). The summed E-state index contributed by atoms with van der Waals surface area (Å²) in [6, 6.07) is 0.767. The van der Waals surface area contributed by atoms with Gasteiger partial charge < -0.3 is 9.64 Å². The van der Waals surface area contributed by atoms with Crippen molar-refractivity contribution in [3.8, 4) is 0 Å².